The lowest BCUT2D eigenvalue weighted by Gasteiger charge is -2.00. The molecule has 0 radical (unpaired) electrons. The summed E-state index contributed by atoms with van der Waals surface area (Å²) < 4.78 is 1.39. The van der Waals surface area contributed by atoms with E-state index in [4.69, 9.17) is 23.2 Å². The number of carbonyl (C=O) groups excluding carboxylic acids is 1. The molecule has 0 saturated carbocycles. The van der Waals surface area contributed by atoms with E-state index in [0.717, 1.165) is 0 Å². The van der Waals surface area contributed by atoms with Crippen molar-refractivity contribution >= 4 is 35.3 Å². The van der Waals surface area contributed by atoms with Gasteiger partial charge in [-0.15, -0.1) is 0 Å². The molecule has 6 nitrogen and oxygen atoms in total. The Morgan fingerprint density at radius 2 is 2.32 bits per heavy atom. The molecular weight excluding hydrogens is 289 g/mol. The predicted octanol–water partition coefficient (Wildman–Crippen LogP) is 1.74. The summed E-state index contributed by atoms with van der Waals surface area (Å²) in [5.74, 6) is -0.313. The summed E-state index contributed by atoms with van der Waals surface area (Å²) in [6.07, 6.45) is 4.24. The van der Waals surface area contributed by atoms with Crippen molar-refractivity contribution in [2.24, 2.45) is 5.10 Å². The lowest BCUT2D eigenvalue weighted by molar-refractivity contribution is -0.121. The van der Waals surface area contributed by atoms with Crippen LogP contribution in [0.3, 0.4) is 0 Å². The second kappa shape index (κ2) is 6.31. The molecule has 0 fully saturated rings. The highest BCUT2D eigenvalue weighted by Gasteiger charge is 2.02. The third kappa shape index (κ3) is 4.04. The van der Waals surface area contributed by atoms with Crippen molar-refractivity contribution in [3.63, 3.8) is 0 Å². The van der Waals surface area contributed by atoms with Crippen molar-refractivity contribution in [1.29, 1.82) is 0 Å². The number of nitrogens with zero attached hydrogens (tertiary/aromatic N) is 4. The highest BCUT2D eigenvalue weighted by molar-refractivity contribution is 6.36. The van der Waals surface area contributed by atoms with E-state index in [1.54, 1.807) is 18.2 Å². The summed E-state index contributed by atoms with van der Waals surface area (Å²) in [5.41, 5.74) is 3.02. The molecule has 2 rings (SSSR count). The van der Waals surface area contributed by atoms with Crippen LogP contribution in [0.2, 0.25) is 10.0 Å². The zero-order valence-electron chi connectivity index (χ0n) is 9.62. The quantitative estimate of drug-likeness (QED) is 0.690. The topological polar surface area (TPSA) is 72.2 Å². The van der Waals surface area contributed by atoms with Gasteiger partial charge in [-0.3, -0.25) is 4.79 Å². The minimum Gasteiger partial charge on any atom is -0.271 e. The summed E-state index contributed by atoms with van der Waals surface area (Å²) in [5, 5.41) is 8.60. The molecule has 98 valence electrons. The van der Waals surface area contributed by atoms with Gasteiger partial charge in [-0.2, -0.15) is 10.2 Å². The monoisotopic (exact) mass is 297 g/mol. The lowest BCUT2D eigenvalue weighted by atomic mass is 10.2. The van der Waals surface area contributed by atoms with Crippen molar-refractivity contribution in [2.45, 2.75) is 6.54 Å². The van der Waals surface area contributed by atoms with Gasteiger partial charge in [0.1, 0.15) is 19.2 Å². The van der Waals surface area contributed by atoms with Gasteiger partial charge in [-0.25, -0.2) is 15.1 Å². The Bertz CT molecular complexity index is 597. The SMILES string of the molecule is O=C(Cn1cncn1)N/N=C/c1ccc(Cl)cc1Cl. The number of hydrogen-bond acceptors (Lipinski definition) is 4. The van der Waals surface area contributed by atoms with E-state index in [0.29, 0.717) is 15.6 Å². The first kappa shape index (κ1) is 13.5. The van der Waals surface area contributed by atoms with Gasteiger partial charge in [-0.1, -0.05) is 29.3 Å². The van der Waals surface area contributed by atoms with E-state index in [-0.39, 0.29) is 12.5 Å². The molecule has 2 aromatic rings. The van der Waals surface area contributed by atoms with Gasteiger partial charge in [0.25, 0.3) is 5.91 Å². The van der Waals surface area contributed by atoms with E-state index < -0.39 is 0 Å². The van der Waals surface area contributed by atoms with Crippen molar-refractivity contribution in [3.05, 3.63) is 46.5 Å². The number of carbonyl (C=O) groups is 1. The maximum Gasteiger partial charge on any atom is 0.261 e. The van der Waals surface area contributed by atoms with E-state index in [1.165, 1.54) is 23.6 Å². The minimum atomic E-state index is -0.313. The first-order valence-electron chi connectivity index (χ1n) is 5.24. The molecule has 8 heteroatoms. The smallest absolute Gasteiger partial charge is 0.261 e. The van der Waals surface area contributed by atoms with Crippen LogP contribution in [0.25, 0.3) is 0 Å². The van der Waals surface area contributed by atoms with Crippen LogP contribution >= 0.6 is 23.2 Å². The molecule has 1 heterocycles. The van der Waals surface area contributed by atoms with Gasteiger partial charge < -0.3 is 0 Å². The summed E-state index contributed by atoms with van der Waals surface area (Å²) in [6, 6.07) is 4.99. The van der Waals surface area contributed by atoms with Gasteiger partial charge in [0.05, 0.1) is 11.2 Å². The van der Waals surface area contributed by atoms with Crippen LogP contribution in [0, 0.1) is 0 Å². The Kier molecular flexibility index (Phi) is 4.48. The highest BCUT2D eigenvalue weighted by atomic mass is 35.5. The van der Waals surface area contributed by atoms with Crippen LogP contribution in [0.5, 0.6) is 0 Å². The van der Waals surface area contributed by atoms with Crippen molar-refractivity contribution in [1.82, 2.24) is 20.2 Å². The summed E-state index contributed by atoms with van der Waals surface area (Å²) in [7, 11) is 0. The molecule has 0 saturated heterocycles. The van der Waals surface area contributed by atoms with E-state index >= 15 is 0 Å². The Morgan fingerprint density at radius 1 is 1.47 bits per heavy atom. The second-order valence-electron chi connectivity index (χ2n) is 3.55. The molecule has 1 N–H and O–H groups in total. The van der Waals surface area contributed by atoms with Gasteiger partial charge in [0.15, 0.2) is 0 Å². The Labute approximate surface area is 119 Å². The van der Waals surface area contributed by atoms with Gasteiger partial charge in [0.2, 0.25) is 0 Å². The molecule has 0 aliphatic heterocycles. The average molecular weight is 298 g/mol. The molecule has 19 heavy (non-hydrogen) atoms. The third-order valence-electron chi connectivity index (χ3n) is 2.13. The largest absolute Gasteiger partial charge is 0.271 e. The highest BCUT2D eigenvalue weighted by Crippen LogP contribution is 2.19. The first-order chi connectivity index (χ1) is 9.15. The summed E-state index contributed by atoms with van der Waals surface area (Å²) in [4.78, 5) is 15.2. The fraction of sp³-hybridized carbons (Fsp3) is 0.0909. The maximum atomic E-state index is 11.5. The summed E-state index contributed by atoms with van der Waals surface area (Å²) in [6.45, 7) is 0.0473. The number of hydrogen-bond donors (Lipinski definition) is 1. The normalized spacial score (nSPS) is 10.8. The fourth-order valence-corrected chi connectivity index (χ4v) is 1.73. The third-order valence-corrected chi connectivity index (χ3v) is 2.69. The average Bonchev–Trinajstić information content (AvgIpc) is 2.84. The minimum absolute atomic E-state index is 0.0473. The number of nitrogens with one attached hydrogen (secondary N) is 1. The van der Waals surface area contributed by atoms with Crippen molar-refractivity contribution < 1.29 is 4.79 Å². The number of benzene rings is 1. The predicted molar refractivity (Wildman–Crippen MR) is 72.2 cm³/mol. The van der Waals surface area contributed by atoms with E-state index in [1.807, 2.05) is 0 Å². The standard InChI is InChI=1S/C11H9Cl2N5O/c12-9-2-1-8(10(13)3-9)4-15-17-11(19)5-18-7-14-6-16-18/h1-4,6-7H,5H2,(H,17,19)/b15-4+. The molecular formula is C11H9Cl2N5O. The molecule has 1 amide bonds. The van der Waals surface area contributed by atoms with E-state index in [9.17, 15) is 4.79 Å². The Balaban J connectivity index is 1.91. The van der Waals surface area contributed by atoms with Crippen LogP contribution < -0.4 is 5.43 Å². The fourth-order valence-electron chi connectivity index (χ4n) is 1.28. The molecule has 0 unspecified atom stereocenters. The van der Waals surface area contributed by atoms with Gasteiger partial charge in [0, 0.05) is 10.6 Å². The Hall–Kier alpha value is -1.92. The van der Waals surface area contributed by atoms with Crippen LogP contribution in [0.4, 0.5) is 0 Å². The van der Waals surface area contributed by atoms with E-state index in [2.05, 4.69) is 20.6 Å². The van der Waals surface area contributed by atoms with Crippen molar-refractivity contribution in [2.75, 3.05) is 0 Å². The number of hydrazone groups is 1. The number of amides is 1. The molecule has 1 aromatic carbocycles. The van der Waals surface area contributed by atoms with Crippen LogP contribution in [0.15, 0.2) is 36.0 Å². The maximum absolute atomic E-state index is 11.5. The zero-order valence-corrected chi connectivity index (χ0v) is 11.1. The zero-order chi connectivity index (χ0) is 13.7. The molecule has 0 atom stereocenters. The number of rotatable bonds is 4. The first-order valence-corrected chi connectivity index (χ1v) is 6.00. The molecule has 0 aliphatic carbocycles. The molecule has 0 spiro atoms. The number of halogens is 2. The molecule has 0 bridgehead atoms. The molecule has 1 aromatic heterocycles. The Morgan fingerprint density at radius 3 is 3.00 bits per heavy atom. The van der Waals surface area contributed by atoms with Gasteiger partial charge in [-0.05, 0) is 12.1 Å². The van der Waals surface area contributed by atoms with Crippen LogP contribution in [0.1, 0.15) is 5.56 Å². The van der Waals surface area contributed by atoms with Crippen molar-refractivity contribution in [3.8, 4) is 0 Å². The number of aromatic nitrogens is 3. The lowest BCUT2D eigenvalue weighted by Crippen LogP contribution is -2.23. The van der Waals surface area contributed by atoms with Crippen LogP contribution in [-0.2, 0) is 11.3 Å². The van der Waals surface area contributed by atoms with Crippen LogP contribution in [-0.4, -0.2) is 26.9 Å². The second-order valence-corrected chi connectivity index (χ2v) is 4.40. The molecule has 0 aliphatic rings. The summed E-state index contributed by atoms with van der Waals surface area (Å²) >= 11 is 11.7. The van der Waals surface area contributed by atoms with Gasteiger partial charge >= 0.3 is 0 Å².